The molecule has 0 spiro atoms. The fourth-order valence-electron chi connectivity index (χ4n) is 3.94. The van der Waals surface area contributed by atoms with Gasteiger partial charge >= 0.3 is 0 Å². The highest BCUT2D eigenvalue weighted by atomic mass is 16.5. The Labute approximate surface area is 191 Å². The molecule has 33 heavy (non-hydrogen) atoms. The molecule has 1 saturated carbocycles. The maximum Gasteiger partial charge on any atom is 0.168 e. The van der Waals surface area contributed by atoms with Crippen molar-refractivity contribution in [1.82, 2.24) is 19.9 Å². The summed E-state index contributed by atoms with van der Waals surface area (Å²) >= 11 is 0. The van der Waals surface area contributed by atoms with E-state index in [1.54, 1.807) is 26.5 Å². The second-order valence-electron chi connectivity index (χ2n) is 8.58. The zero-order valence-corrected chi connectivity index (χ0v) is 19.1. The number of nitrogens with zero attached hydrogens (tertiary/aromatic N) is 4. The van der Waals surface area contributed by atoms with Crippen LogP contribution in [0.25, 0.3) is 22.3 Å². The number of aliphatic hydroxyl groups is 1. The van der Waals surface area contributed by atoms with Crippen LogP contribution in [0.3, 0.4) is 0 Å². The molecule has 0 saturated heterocycles. The average Bonchev–Trinajstić information content (AvgIpc) is 3.23. The summed E-state index contributed by atoms with van der Waals surface area (Å²) in [6.45, 7) is 4.65. The lowest BCUT2D eigenvalue weighted by atomic mass is 10.1. The molecule has 1 fully saturated rings. The SMILES string of the molecule is COc1ccc(CNc2nccc3c2c(-c2cc(C4(O)CC4)on2)nn3C(C)C)c(OC)c1. The van der Waals surface area contributed by atoms with Crippen LogP contribution >= 0.6 is 0 Å². The van der Waals surface area contributed by atoms with Gasteiger partial charge in [-0.3, -0.25) is 4.68 Å². The summed E-state index contributed by atoms with van der Waals surface area (Å²) in [5.41, 5.74) is 2.25. The summed E-state index contributed by atoms with van der Waals surface area (Å²) in [5.74, 6) is 2.62. The number of nitrogens with one attached hydrogen (secondary N) is 1. The molecule has 2 N–H and O–H groups in total. The Morgan fingerprint density at radius 2 is 2.00 bits per heavy atom. The van der Waals surface area contributed by atoms with Crippen LogP contribution in [0.5, 0.6) is 11.5 Å². The number of hydrogen-bond donors (Lipinski definition) is 2. The van der Waals surface area contributed by atoms with Crippen molar-refractivity contribution in [3.05, 3.63) is 47.9 Å². The number of methoxy groups -OCH3 is 2. The third kappa shape index (κ3) is 3.78. The normalized spacial score (nSPS) is 14.6. The molecule has 3 aromatic heterocycles. The summed E-state index contributed by atoms with van der Waals surface area (Å²) in [4.78, 5) is 4.60. The number of hydrogen-bond acceptors (Lipinski definition) is 8. The van der Waals surface area contributed by atoms with Gasteiger partial charge in [-0.15, -0.1) is 0 Å². The number of ether oxygens (including phenoxy) is 2. The van der Waals surface area contributed by atoms with Crippen molar-refractivity contribution in [3.8, 4) is 22.9 Å². The van der Waals surface area contributed by atoms with Gasteiger partial charge in [0.1, 0.15) is 34.3 Å². The predicted octanol–water partition coefficient (Wildman–Crippen LogP) is 4.28. The minimum Gasteiger partial charge on any atom is -0.497 e. The van der Waals surface area contributed by atoms with E-state index in [4.69, 9.17) is 19.1 Å². The van der Waals surface area contributed by atoms with E-state index in [1.807, 2.05) is 28.9 Å². The zero-order chi connectivity index (χ0) is 23.2. The molecule has 172 valence electrons. The quantitative estimate of drug-likeness (QED) is 0.410. The lowest BCUT2D eigenvalue weighted by Crippen LogP contribution is -2.05. The van der Waals surface area contributed by atoms with Crippen LogP contribution in [0.15, 0.2) is 41.1 Å². The first-order valence-electron chi connectivity index (χ1n) is 11.0. The van der Waals surface area contributed by atoms with Gasteiger partial charge in [0.2, 0.25) is 0 Å². The molecule has 1 aromatic carbocycles. The van der Waals surface area contributed by atoms with E-state index in [0.717, 1.165) is 28.0 Å². The summed E-state index contributed by atoms with van der Waals surface area (Å²) < 4.78 is 18.2. The van der Waals surface area contributed by atoms with Crippen LogP contribution in [0, 0.1) is 0 Å². The van der Waals surface area contributed by atoms with Crippen LogP contribution < -0.4 is 14.8 Å². The van der Waals surface area contributed by atoms with E-state index < -0.39 is 5.60 Å². The van der Waals surface area contributed by atoms with Gasteiger partial charge in [-0.2, -0.15) is 5.10 Å². The summed E-state index contributed by atoms with van der Waals surface area (Å²) in [7, 11) is 3.26. The number of aromatic nitrogens is 4. The highest BCUT2D eigenvalue weighted by Crippen LogP contribution is 2.46. The van der Waals surface area contributed by atoms with E-state index in [9.17, 15) is 5.11 Å². The van der Waals surface area contributed by atoms with Crippen LogP contribution in [0.1, 0.15) is 44.1 Å². The van der Waals surface area contributed by atoms with Gasteiger partial charge in [0.05, 0.1) is 25.1 Å². The third-order valence-electron chi connectivity index (χ3n) is 5.99. The number of anilines is 1. The molecular weight excluding hydrogens is 422 g/mol. The van der Waals surface area contributed by atoms with E-state index in [0.29, 0.717) is 42.4 Å². The molecule has 5 rings (SSSR count). The van der Waals surface area contributed by atoms with Crippen LogP contribution in [0.4, 0.5) is 5.82 Å². The van der Waals surface area contributed by atoms with Crippen molar-refractivity contribution >= 4 is 16.7 Å². The van der Waals surface area contributed by atoms with Crippen molar-refractivity contribution in [3.63, 3.8) is 0 Å². The van der Waals surface area contributed by atoms with Gasteiger partial charge in [-0.1, -0.05) is 5.16 Å². The first-order chi connectivity index (χ1) is 15.9. The topological polar surface area (TPSA) is 107 Å². The maximum atomic E-state index is 10.4. The lowest BCUT2D eigenvalue weighted by Gasteiger charge is -2.12. The molecular formula is C24H27N5O4. The van der Waals surface area contributed by atoms with E-state index in [1.165, 1.54) is 0 Å². The third-order valence-corrected chi connectivity index (χ3v) is 5.99. The summed E-state index contributed by atoms with van der Waals surface area (Å²) in [5, 5.41) is 23.8. The summed E-state index contributed by atoms with van der Waals surface area (Å²) in [6.07, 6.45) is 3.13. The molecule has 3 heterocycles. The van der Waals surface area contributed by atoms with Crippen molar-refractivity contribution in [2.45, 2.75) is 44.9 Å². The van der Waals surface area contributed by atoms with E-state index in [-0.39, 0.29) is 6.04 Å². The van der Waals surface area contributed by atoms with Gasteiger partial charge < -0.3 is 24.4 Å². The number of pyridine rings is 1. The van der Waals surface area contributed by atoms with E-state index in [2.05, 4.69) is 29.3 Å². The molecule has 0 aliphatic heterocycles. The molecule has 0 unspecified atom stereocenters. The highest BCUT2D eigenvalue weighted by molar-refractivity contribution is 6.00. The molecule has 0 amide bonds. The smallest absolute Gasteiger partial charge is 0.168 e. The second-order valence-corrected chi connectivity index (χ2v) is 8.58. The molecule has 0 radical (unpaired) electrons. The van der Waals surface area contributed by atoms with Crippen LogP contribution in [-0.4, -0.2) is 39.2 Å². The Hall–Kier alpha value is -3.59. The Bertz CT molecular complexity index is 1310. The number of rotatable bonds is 8. The van der Waals surface area contributed by atoms with Crippen LogP contribution in [-0.2, 0) is 12.1 Å². The first kappa shape index (κ1) is 21.3. The molecule has 0 bridgehead atoms. The lowest BCUT2D eigenvalue weighted by molar-refractivity contribution is 0.114. The second kappa shape index (κ2) is 8.08. The first-order valence-corrected chi connectivity index (χ1v) is 11.0. The average molecular weight is 450 g/mol. The standard InChI is InChI=1S/C24H27N5O4/c1-14(2)29-18-7-10-25-23(26-13-15-5-6-16(31-3)11-19(15)32-4)21(18)22(27-29)17-12-20(33-28-17)24(30)8-9-24/h5-7,10-12,14,30H,8-9,13H2,1-4H3,(H,25,26). The monoisotopic (exact) mass is 449 g/mol. The number of benzene rings is 1. The largest absolute Gasteiger partial charge is 0.497 e. The number of fused-ring (bicyclic) bond motifs is 1. The van der Waals surface area contributed by atoms with Gasteiger partial charge in [0, 0.05) is 36.5 Å². The van der Waals surface area contributed by atoms with Gasteiger partial charge in [-0.25, -0.2) is 4.98 Å². The molecule has 9 nitrogen and oxygen atoms in total. The Balaban J connectivity index is 1.55. The van der Waals surface area contributed by atoms with Gasteiger partial charge in [0.25, 0.3) is 0 Å². The molecule has 1 aliphatic rings. The van der Waals surface area contributed by atoms with Crippen molar-refractivity contribution < 1.29 is 19.1 Å². The van der Waals surface area contributed by atoms with Gasteiger partial charge in [-0.05, 0) is 44.9 Å². The zero-order valence-electron chi connectivity index (χ0n) is 19.1. The minimum absolute atomic E-state index is 0.136. The predicted molar refractivity (Wildman–Crippen MR) is 123 cm³/mol. The Morgan fingerprint density at radius 3 is 2.70 bits per heavy atom. The minimum atomic E-state index is -0.897. The van der Waals surface area contributed by atoms with E-state index >= 15 is 0 Å². The molecule has 4 aromatic rings. The van der Waals surface area contributed by atoms with Crippen molar-refractivity contribution in [2.24, 2.45) is 0 Å². The van der Waals surface area contributed by atoms with Crippen molar-refractivity contribution in [1.29, 1.82) is 0 Å². The Morgan fingerprint density at radius 1 is 1.18 bits per heavy atom. The fraction of sp³-hybridized carbons (Fsp3) is 0.375. The van der Waals surface area contributed by atoms with Crippen LogP contribution in [0.2, 0.25) is 0 Å². The Kier molecular flexibility index (Phi) is 5.20. The molecule has 0 atom stereocenters. The maximum absolute atomic E-state index is 10.4. The van der Waals surface area contributed by atoms with Crippen molar-refractivity contribution in [2.75, 3.05) is 19.5 Å². The highest BCUT2D eigenvalue weighted by Gasteiger charge is 2.46. The molecule has 1 aliphatic carbocycles. The molecule has 9 heteroatoms. The summed E-state index contributed by atoms with van der Waals surface area (Å²) in [6, 6.07) is 9.58. The fourth-order valence-corrected chi connectivity index (χ4v) is 3.94. The van der Waals surface area contributed by atoms with Gasteiger partial charge in [0.15, 0.2) is 5.76 Å².